The van der Waals surface area contributed by atoms with Crippen LogP contribution in [0.2, 0.25) is 0 Å². The molecule has 4 rings (SSSR count). The molecule has 0 bridgehead atoms. The second-order valence-electron chi connectivity index (χ2n) is 6.86. The average molecular weight is 372 g/mol. The standard InChI is InChI=1S/C23H20N2O3/c26-22(19-11-5-4-10-18(19)16-7-2-1-3-8-16)25-20(12-13-21(25)23(27)28)17-9-6-14-24-15-17/h1-11,14-15,20-21H,12-13H2,(H,27,28). The zero-order chi connectivity index (χ0) is 19.5. The van der Waals surface area contributed by atoms with Gasteiger partial charge in [-0.15, -0.1) is 0 Å². The number of amides is 1. The number of pyridine rings is 1. The van der Waals surface area contributed by atoms with Gasteiger partial charge in [0.15, 0.2) is 0 Å². The predicted molar refractivity (Wildman–Crippen MR) is 106 cm³/mol. The topological polar surface area (TPSA) is 70.5 Å². The highest BCUT2D eigenvalue weighted by Crippen LogP contribution is 2.38. The molecule has 1 aromatic heterocycles. The largest absolute Gasteiger partial charge is 0.480 e. The molecule has 1 amide bonds. The van der Waals surface area contributed by atoms with Crippen molar-refractivity contribution < 1.29 is 14.7 Å². The summed E-state index contributed by atoms with van der Waals surface area (Å²) in [7, 11) is 0. The van der Waals surface area contributed by atoms with E-state index in [9.17, 15) is 14.7 Å². The van der Waals surface area contributed by atoms with Gasteiger partial charge in [-0.25, -0.2) is 4.79 Å². The van der Waals surface area contributed by atoms with Gasteiger partial charge in [0.2, 0.25) is 0 Å². The summed E-state index contributed by atoms with van der Waals surface area (Å²) in [6, 6.07) is 19.6. The molecule has 1 aliphatic rings. The van der Waals surface area contributed by atoms with Crippen LogP contribution in [0.15, 0.2) is 79.1 Å². The highest BCUT2D eigenvalue weighted by Gasteiger charge is 2.42. The van der Waals surface area contributed by atoms with Gasteiger partial charge < -0.3 is 10.0 Å². The van der Waals surface area contributed by atoms with Crippen LogP contribution in [0.5, 0.6) is 0 Å². The van der Waals surface area contributed by atoms with E-state index in [1.54, 1.807) is 18.5 Å². The number of hydrogen-bond donors (Lipinski definition) is 1. The lowest BCUT2D eigenvalue weighted by molar-refractivity contribution is -0.141. The Bertz CT molecular complexity index is 989. The van der Waals surface area contributed by atoms with E-state index in [1.165, 1.54) is 4.90 Å². The number of nitrogens with zero attached hydrogens (tertiary/aromatic N) is 2. The Kier molecular flexibility index (Phi) is 4.89. The highest BCUT2D eigenvalue weighted by atomic mass is 16.4. The minimum atomic E-state index is -0.975. The molecule has 5 nitrogen and oxygen atoms in total. The molecule has 2 aromatic carbocycles. The maximum absolute atomic E-state index is 13.6. The number of likely N-dealkylation sites (tertiary alicyclic amines) is 1. The fourth-order valence-electron chi connectivity index (χ4n) is 3.92. The van der Waals surface area contributed by atoms with Crippen molar-refractivity contribution >= 4 is 11.9 Å². The molecule has 1 fully saturated rings. The number of aromatic nitrogens is 1. The number of carboxylic acids is 1. The average Bonchev–Trinajstić information content (AvgIpc) is 3.20. The van der Waals surface area contributed by atoms with E-state index >= 15 is 0 Å². The lowest BCUT2D eigenvalue weighted by Crippen LogP contribution is -2.42. The van der Waals surface area contributed by atoms with Crippen molar-refractivity contribution in [2.24, 2.45) is 0 Å². The number of hydrogen-bond acceptors (Lipinski definition) is 3. The molecule has 2 atom stereocenters. The number of benzene rings is 2. The number of rotatable bonds is 4. The summed E-state index contributed by atoms with van der Waals surface area (Å²) >= 11 is 0. The first-order chi connectivity index (χ1) is 13.7. The molecular formula is C23H20N2O3. The van der Waals surface area contributed by atoms with Gasteiger partial charge in [-0.2, -0.15) is 0 Å². The second kappa shape index (κ2) is 7.64. The summed E-state index contributed by atoms with van der Waals surface area (Å²) in [4.78, 5) is 31.1. The van der Waals surface area contributed by atoms with Gasteiger partial charge in [0.05, 0.1) is 6.04 Å². The van der Waals surface area contributed by atoms with Crippen molar-refractivity contribution in [3.05, 3.63) is 90.3 Å². The van der Waals surface area contributed by atoms with Crippen molar-refractivity contribution in [1.29, 1.82) is 0 Å². The maximum Gasteiger partial charge on any atom is 0.326 e. The Hall–Kier alpha value is -3.47. The van der Waals surface area contributed by atoms with E-state index in [4.69, 9.17) is 0 Å². The monoisotopic (exact) mass is 372 g/mol. The van der Waals surface area contributed by atoms with Crippen LogP contribution >= 0.6 is 0 Å². The lowest BCUT2D eigenvalue weighted by atomic mass is 9.98. The Balaban J connectivity index is 1.78. The molecule has 3 aromatic rings. The molecule has 5 heteroatoms. The molecule has 2 unspecified atom stereocenters. The third-order valence-corrected chi connectivity index (χ3v) is 5.22. The van der Waals surface area contributed by atoms with Crippen molar-refractivity contribution in [2.75, 3.05) is 0 Å². The molecule has 28 heavy (non-hydrogen) atoms. The van der Waals surface area contributed by atoms with E-state index in [-0.39, 0.29) is 11.9 Å². The van der Waals surface area contributed by atoms with Gasteiger partial charge in [0.25, 0.3) is 5.91 Å². The maximum atomic E-state index is 13.6. The van der Waals surface area contributed by atoms with Crippen LogP contribution in [0.4, 0.5) is 0 Å². The lowest BCUT2D eigenvalue weighted by Gasteiger charge is -2.29. The molecule has 1 N–H and O–H groups in total. The van der Waals surface area contributed by atoms with Crippen LogP contribution in [-0.4, -0.2) is 32.9 Å². The first-order valence-corrected chi connectivity index (χ1v) is 9.26. The van der Waals surface area contributed by atoms with Crippen LogP contribution in [0.3, 0.4) is 0 Å². The molecular weight excluding hydrogens is 352 g/mol. The summed E-state index contributed by atoms with van der Waals surface area (Å²) in [5, 5.41) is 9.72. The summed E-state index contributed by atoms with van der Waals surface area (Å²) in [6.07, 6.45) is 4.40. The summed E-state index contributed by atoms with van der Waals surface area (Å²) in [5.41, 5.74) is 3.09. The first-order valence-electron chi connectivity index (χ1n) is 9.26. The van der Waals surface area contributed by atoms with Crippen LogP contribution in [0, 0.1) is 0 Å². The van der Waals surface area contributed by atoms with E-state index in [0.29, 0.717) is 18.4 Å². The summed E-state index contributed by atoms with van der Waals surface area (Å²) in [6.45, 7) is 0. The molecule has 2 heterocycles. The molecule has 140 valence electrons. The third-order valence-electron chi connectivity index (χ3n) is 5.22. The number of carboxylic acid groups (broad SMARTS) is 1. The normalized spacial score (nSPS) is 18.8. The van der Waals surface area contributed by atoms with Crippen molar-refractivity contribution in [2.45, 2.75) is 24.9 Å². The van der Waals surface area contributed by atoms with Crippen molar-refractivity contribution in [1.82, 2.24) is 9.88 Å². The molecule has 0 aliphatic carbocycles. The number of carbonyl (C=O) groups is 2. The van der Waals surface area contributed by atoms with Crippen LogP contribution < -0.4 is 0 Å². The van der Waals surface area contributed by atoms with Crippen molar-refractivity contribution in [3.63, 3.8) is 0 Å². The number of aliphatic carboxylic acids is 1. The van der Waals surface area contributed by atoms with Crippen LogP contribution in [-0.2, 0) is 4.79 Å². The Morgan fingerprint density at radius 1 is 0.929 bits per heavy atom. The summed E-state index contributed by atoms with van der Waals surface area (Å²) in [5.74, 6) is -1.24. The zero-order valence-electron chi connectivity index (χ0n) is 15.2. The van der Waals surface area contributed by atoms with Gasteiger partial charge in [0, 0.05) is 18.0 Å². The van der Waals surface area contributed by atoms with E-state index in [0.717, 1.165) is 16.7 Å². The molecule has 1 aliphatic heterocycles. The highest BCUT2D eigenvalue weighted by molar-refractivity contribution is 6.02. The first kappa shape index (κ1) is 17.9. The fraction of sp³-hybridized carbons (Fsp3) is 0.174. The van der Waals surface area contributed by atoms with E-state index in [1.807, 2.05) is 60.7 Å². The Morgan fingerprint density at radius 3 is 2.39 bits per heavy atom. The Morgan fingerprint density at radius 2 is 1.68 bits per heavy atom. The van der Waals surface area contributed by atoms with E-state index < -0.39 is 12.0 Å². The molecule has 0 radical (unpaired) electrons. The van der Waals surface area contributed by atoms with Gasteiger partial charge in [0.1, 0.15) is 6.04 Å². The van der Waals surface area contributed by atoms with E-state index in [2.05, 4.69) is 4.98 Å². The van der Waals surface area contributed by atoms with Gasteiger partial charge in [-0.1, -0.05) is 54.6 Å². The molecule has 0 saturated carbocycles. The van der Waals surface area contributed by atoms with Crippen LogP contribution in [0.25, 0.3) is 11.1 Å². The third kappa shape index (κ3) is 3.27. The molecule has 1 saturated heterocycles. The van der Waals surface area contributed by atoms with Crippen molar-refractivity contribution in [3.8, 4) is 11.1 Å². The Labute approximate surface area is 163 Å². The van der Waals surface area contributed by atoms with Gasteiger partial charge in [-0.3, -0.25) is 9.78 Å². The minimum Gasteiger partial charge on any atom is -0.480 e. The second-order valence-corrected chi connectivity index (χ2v) is 6.86. The van der Waals surface area contributed by atoms with Gasteiger partial charge in [-0.05, 0) is 41.7 Å². The zero-order valence-corrected chi connectivity index (χ0v) is 15.2. The smallest absolute Gasteiger partial charge is 0.326 e. The predicted octanol–water partition coefficient (Wildman–Crippen LogP) is 4.18. The summed E-state index contributed by atoms with van der Waals surface area (Å²) < 4.78 is 0. The molecule has 0 spiro atoms. The minimum absolute atomic E-state index is 0.266. The SMILES string of the molecule is O=C(O)C1CCC(c2cccnc2)N1C(=O)c1ccccc1-c1ccccc1. The fourth-order valence-corrected chi connectivity index (χ4v) is 3.92. The quantitative estimate of drug-likeness (QED) is 0.746. The van der Waals surface area contributed by atoms with Crippen LogP contribution in [0.1, 0.15) is 34.8 Å². The van der Waals surface area contributed by atoms with Gasteiger partial charge >= 0.3 is 5.97 Å². The number of carbonyl (C=O) groups excluding carboxylic acids is 1.